The highest BCUT2D eigenvalue weighted by molar-refractivity contribution is 5.88. The van der Waals surface area contributed by atoms with Crippen molar-refractivity contribution in [3.05, 3.63) is 34.6 Å². The van der Waals surface area contributed by atoms with Crippen molar-refractivity contribution >= 4 is 11.0 Å². The van der Waals surface area contributed by atoms with Gasteiger partial charge in [-0.2, -0.15) is 0 Å². The van der Waals surface area contributed by atoms with Crippen LogP contribution >= 0.6 is 0 Å². The van der Waals surface area contributed by atoms with Gasteiger partial charge in [-0.15, -0.1) is 0 Å². The fourth-order valence-corrected chi connectivity index (χ4v) is 2.88. The molecule has 2 rings (SSSR count). The largest absolute Gasteiger partial charge is 0.459 e. The lowest BCUT2D eigenvalue weighted by Crippen LogP contribution is -2.07. The summed E-state index contributed by atoms with van der Waals surface area (Å²) in [5, 5.41) is 4.59. The number of nitrogens with one attached hydrogen (secondary N) is 1. The van der Waals surface area contributed by atoms with Crippen molar-refractivity contribution in [1.29, 1.82) is 0 Å². The molecular weight excluding hydrogens is 246 g/mol. The van der Waals surface area contributed by atoms with Crippen molar-refractivity contribution in [1.82, 2.24) is 5.32 Å². The average Bonchev–Trinajstić information content (AvgIpc) is 2.69. The van der Waals surface area contributed by atoms with E-state index in [2.05, 4.69) is 52.1 Å². The van der Waals surface area contributed by atoms with Crippen molar-refractivity contribution in [3.63, 3.8) is 0 Å². The molecule has 0 saturated heterocycles. The highest BCUT2D eigenvalue weighted by atomic mass is 16.3. The van der Waals surface area contributed by atoms with E-state index < -0.39 is 0 Å². The molecule has 20 heavy (non-hydrogen) atoms. The maximum absolute atomic E-state index is 6.20. The average molecular weight is 273 g/mol. The summed E-state index contributed by atoms with van der Waals surface area (Å²) >= 11 is 0. The topological polar surface area (TPSA) is 25.2 Å². The zero-order valence-electron chi connectivity index (χ0n) is 13.6. The van der Waals surface area contributed by atoms with Gasteiger partial charge in [-0.1, -0.05) is 39.8 Å². The van der Waals surface area contributed by atoms with Crippen molar-refractivity contribution in [2.24, 2.45) is 5.92 Å². The molecule has 0 aliphatic heterocycles. The molecule has 0 spiro atoms. The second-order valence-corrected chi connectivity index (χ2v) is 6.46. The van der Waals surface area contributed by atoms with Crippen molar-refractivity contribution in [2.45, 2.75) is 53.5 Å². The fourth-order valence-electron chi connectivity index (χ4n) is 2.88. The van der Waals surface area contributed by atoms with E-state index in [9.17, 15) is 0 Å². The Labute approximate surface area is 122 Å². The van der Waals surface area contributed by atoms with Gasteiger partial charge in [-0.05, 0) is 43.4 Å². The molecule has 2 heteroatoms. The molecule has 2 nitrogen and oxygen atoms in total. The molecule has 0 aliphatic rings. The van der Waals surface area contributed by atoms with Gasteiger partial charge in [0.25, 0.3) is 0 Å². The van der Waals surface area contributed by atoms with Gasteiger partial charge in [0.1, 0.15) is 11.3 Å². The summed E-state index contributed by atoms with van der Waals surface area (Å²) < 4.78 is 6.20. The molecule has 0 fully saturated rings. The SMILES string of the molecule is CNCc1oc2c(C)ccc(C(C)C)c2c1CC(C)C. The van der Waals surface area contributed by atoms with Crippen LogP contribution in [0.3, 0.4) is 0 Å². The Morgan fingerprint density at radius 1 is 1.15 bits per heavy atom. The molecule has 0 bridgehead atoms. The van der Waals surface area contributed by atoms with E-state index in [4.69, 9.17) is 4.42 Å². The third-order valence-electron chi connectivity index (χ3n) is 3.82. The van der Waals surface area contributed by atoms with E-state index in [0.29, 0.717) is 11.8 Å². The van der Waals surface area contributed by atoms with Crippen LogP contribution in [-0.2, 0) is 13.0 Å². The lowest BCUT2D eigenvalue weighted by atomic mass is 9.91. The maximum atomic E-state index is 6.20. The molecule has 0 unspecified atom stereocenters. The van der Waals surface area contributed by atoms with Gasteiger partial charge < -0.3 is 9.73 Å². The van der Waals surface area contributed by atoms with Crippen LogP contribution in [0.1, 0.15) is 56.1 Å². The Kier molecular flexibility index (Phi) is 4.54. The number of aryl methyl sites for hydroxylation is 1. The number of hydrogen-bond donors (Lipinski definition) is 1. The lowest BCUT2D eigenvalue weighted by Gasteiger charge is -2.11. The van der Waals surface area contributed by atoms with Crippen LogP contribution in [0.2, 0.25) is 0 Å². The Morgan fingerprint density at radius 3 is 2.40 bits per heavy atom. The van der Waals surface area contributed by atoms with Crippen LogP contribution in [0.15, 0.2) is 16.5 Å². The molecule has 0 amide bonds. The van der Waals surface area contributed by atoms with Crippen molar-refractivity contribution < 1.29 is 4.42 Å². The number of fused-ring (bicyclic) bond motifs is 1. The maximum Gasteiger partial charge on any atom is 0.137 e. The van der Waals surface area contributed by atoms with Gasteiger partial charge in [0.2, 0.25) is 0 Å². The smallest absolute Gasteiger partial charge is 0.137 e. The Bertz CT molecular complexity index is 593. The lowest BCUT2D eigenvalue weighted by molar-refractivity contribution is 0.514. The normalized spacial score (nSPS) is 12.0. The van der Waals surface area contributed by atoms with Crippen molar-refractivity contribution in [2.75, 3.05) is 7.05 Å². The minimum absolute atomic E-state index is 0.518. The predicted molar refractivity (Wildman–Crippen MR) is 86.3 cm³/mol. The second kappa shape index (κ2) is 6.01. The van der Waals surface area contributed by atoms with Crippen LogP contribution < -0.4 is 5.32 Å². The first kappa shape index (κ1) is 15.1. The van der Waals surface area contributed by atoms with Crippen LogP contribution in [0.25, 0.3) is 11.0 Å². The molecule has 1 aromatic carbocycles. The fraction of sp³-hybridized carbons (Fsp3) is 0.556. The molecule has 1 aromatic heterocycles. The summed E-state index contributed by atoms with van der Waals surface area (Å²) in [5.41, 5.74) is 5.12. The van der Waals surface area contributed by atoms with Gasteiger partial charge in [-0.3, -0.25) is 0 Å². The zero-order valence-corrected chi connectivity index (χ0v) is 13.6. The summed E-state index contributed by atoms with van der Waals surface area (Å²) in [6.45, 7) is 12.0. The van der Waals surface area contributed by atoms with Crippen molar-refractivity contribution in [3.8, 4) is 0 Å². The highest BCUT2D eigenvalue weighted by Crippen LogP contribution is 2.36. The van der Waals surface area contributed by atoms with E-state index in [1.807, 2.05) is 7.05 Å². The molecule has 0 saturated carbocycles. The summed E-state index contributed by atoms with van der Waals surface area (Å²) in [7, 11) is 1.97. The zero-order chi connectivity index (χ0) is 14.9. The summed E-state index contributed by atoms with van der Waals surface area (Å²) in [5.74, 6) is 2.25. The van der Waals surface area contributed by atoms with Gasteiger partial charge in [-0.25, -0.2) is 0 Å². The van der Waals surface area contributed by atoms with E-state index >= 15 is 0 Å². The highest BCUT2D eigenvalue weighted by Gasteiger charge is 2.20. The first-order valence-corrected chi connectivity index (χ1v) is 7.64. The third kappa shape index (κ3) is 2.76. The van der Waals surface area contributed by atoms with E-state index in [-0.39, 0.29) is 0 Å². The molecule has 110 valence electrons. The minimum atomic E-state index is 0.518. The van der Waals surface area contributed by atoms with E-state index in [1.165, 1.54) is 22.1 Å². The number of rotatable bonds is 5. The summed E-state index contributed by atoms with van der Waals surface area (Å²) in [6.07, 6.45) is 1.08. The molecule has 0 atom stereocenters. The molecular formula is C18H27NO. The van der Waals surface area contributed by atoms with Crippen LogP contribution in [0, 0.1) is 12.8 Å². The number of hydrogen-bond acceptors (Lipinski definition) is 2. The van der Waals surface area contributed by atoms with E-state index in [1.54, 1.807) is 0 Å². The predicted octanol–water partition coefficient (Wildman–Crippen LogP) is 4.78. The summed E-state index contributed by atoms with van der Waals surface area (Å²) in [4.78, 5) is 0. The quantitative estimate of drug-likeness (QED) is 0.848. The van der Waals surface area contributed by atoms with Crippen LogP contribution in [-0.4, -0.2) is 7.05 Å². The second-order valence-electron chi connectivity index (χ2n) is 6.46. The van der Waals surface area contributed by atoms with Crippen LogP contribution in [0.4, 0.5) is 0 Å². The molecule has 1 heterocycles. The third-order valence-corrected chi connectivity index (χ3v) is 3.82. The van der Waals surface area contributed by atoms with Gasteiger partial charge in [0, 0.05) is 10.9 Å². The van der Waals surface area contributed by atoms with Gasteiger partial charge in [0.15, 0.2) is 0 Å². The molecule has 1 N–H and O–H groups in total. The van der Waals surface area contributed by atoms with E-state index in [0.717, 1.165) is 24.3 Å². The standard InChI is InChI=1S/C18H27NO/c1-11(2)9-15-16(10-19-6)20-18-13(5)7-8-14(12(3)4)17(15)18/h7-8,11-12,19H,9-10H2,1-6H3. The monoisotopic (exact) mass is 273 g/mol. The molecule has 0 radical (unpaired) electrons. The Balaban J connectivity index is 2.74. The molecule has 2 aromatic rings. The number of benzene rings is 1. The Hall–Kier alpha value is -1.28. The first-order chi connectivity index (χ1) is 9.45. The summed E-state index contributed by atoms with van der Waals surface area (Å²) in [6, 6.07) is 4.45. The van der Waals surface area contributed by atoms with Gasteiger partial charge >= 0.3 is 0 Å². The minimum Gasteiger partial charge on any atom is -0.459 e. The van der Waals surface area contributed by atoms with Gasteiger partial charge in [0.05, 0.1) is 6.54 Å². The number of furan rings is 1. The van der Waals surface area contributed by atoms with Crippen LogP contribution in [0.5, 0.6) is 0 Å². The molecule has 0 aliphatic carbocycles. The Morgan fingerprint density at radius 2 is 1.85 bits per heavy atom. The first-order valence-electron chi connectivity index (χ1n) is 7.64.